The molecular weight excluding hydrogens is 420 g/mol. The van der Waals surface area contributed by atoms with Gasteiger partial charge in [0.2, 0.25) is 0 Å². The lowest BCUT2D eigenvalue weighted by Crippen LogP contribution is -2.22. The van der Waals surface area contributed by atoms with Gasteiger partial charge in [0.1, 0.15) is 11.5 Å². The van der Waals surface area contributed by atoms with Crippen molar-refractivity contribution in [1.29, 1.82) is 0 Å². The highest BCUT2D eigenvalue weighted by Crippen LogP contribution is 2.35. The molecule has 0 aromatic heterocycles. The summed E-state index contributed by atoms with van der Waals surface area (Å²) in [6, 6.07) is 15.3. The van der Waals surface area contributed by atoms with E-state index in [0.717, 1.165) is 24.3 Å². The normalized spacial score (nSPS) is 10.9. The van der Waals surface area contributed by atoms with Crippen LogP contribution in [0.4, 0.5) is 17.6 Å². The summed E-state index contributed by atoms with van der Waals surface area (Å²) < 4.78 is 67.2. The van der Waals surface area contributed by atoms with Crippen LogP contribution < -0.4 is 9.47 Å². The molecule has 3 aromatic carbocycles. The van der Waals surface area contributed by atoms with E-state index >= 15 is 0 Å². The van der Waals surface area contributed by atoms with Gasteiger partial charge in [-0.1, -0.05) is 11.8 Å². The van der Waals surface area contributed by atoms with Crippen molar-refractivity contribution in [2.45, 2.75) is 26.1 Å². The molecule has 0 aliphatic rings. The van der Waals surface area contributed by atoms with Crippen molar-refractivity contribution in [2.75, 3.05) is 0 Å². The summed E-state index contributed by atoms with van der Waals surface area (Å²) in [6.07, 6.45) is -7.23. The average Bonchev–Trinajstić information content (AvgIpc) is 2.76. The van der Waals surface area contributed by atoms with E-state index in [2.05, 4.69) is 23.7 Å². The van der Waals surface area contributed by atoms with Crippen molar-refractivity contribution < 1.29 is 27.0 Å². The summed E-state index contributed by atoms with van der Waals surface area (Å²) in [7, 11) is 0. The van der Waals surface area contributed by atoms with Crippen LogP contribution in [-0.4, -0.2) is 0 Å². The van der Waals surface area contributed by atoms with Gasteiger partial charge in [-0.25, -0.2) is 0 Å². The molecule has 2 nitrogen and oxygen atoms in total. The average molecular weight is 438 g/mol. The van der Waals surface area contributed by atoms with E-state index < -0.39 is 12.2 Å². The standard InChI is InChI=1S/C26H18F4O2/c1-3-5-19-7-11-21(12-8-19)25(27,28)31-23-15-17-24(18-16-23)32-26(29,30)22-13-9-20(6-4-2)10-14-22/h7-18H,1-2H3. The first-order valence-corrected chi connectivity index (χ1v) is 9.54. The number of rotatable bonds is 6. The molecule has 0 aliphatic heterocycles. The first-order valence-electron chi connectivity index (χ1n) is 9.54. The molecule has 32 heavy (non-hydrogen) atoms. The molecule has 0 spiro atoms. The fourth-order valence-electron chi connectivity index (χ4n) is 2.77. The van der Waals surface area contributed by atoms with Crippen molar-refractivity contribution >= 4 is 0 Å². The van der Waals surface area contributed by atoms with Crippen LogP contribution >= 0.6 is 0 Å². The fraction of sp³-hybridized carbons (Fsp3) is 0.154. The quantitative estimate of drug-likeness (QED) is 0.316. The minimum Gasteiger partial charge on any atom is -0.429 e. The molecule has 6 heteroatoms. The number of hydrogen-bond acceptors (Lipinski definition) is 2. The van der Waals surface area contributed by atoms with Gasteiger partial charge in [-0.3, -0.25) is 0 Å². The van der Waals surface area contributed by atoms with Crippen molar-refractivity contribution in [3.05, 3.63) is 95.1 Å². The number of halogens is 4. The molecule has 0 N–H and O–H groups in total. The van der Waals surface area contributed by atoms with E-state index in [1.807, 2.05) is 0 Å². The SMILES string of the molecule is CC#Cc1ccc(C(F)(F)Oc2ccc(OC(F)(F)c3ccc(C#CC)cc3)cc2)cc1. The lowest BCUT2D eigenvalue weighted by Gasteiger charge is -2.20. The predicted octanol–water partition coefficient (Wildman–Crippen LogP) is 6.69. The Labute approximate surface area is 183 Å². The van der Waals surface area contributed by atoms with Gasteiger partial charge in [0.25, 0.3) is 0 Å². The second-order valence-electron chi connectivity index (χ2n) is 6.61. The Morgan fingerprint density at radius 2 is 0.844 bits per heavy atom. The molecule has 0 amide bonds. The van der Waals surface area contributed by atoms with Crippen molar-refractivity contribution in [3.8, 4) is 35.2 Å². The Morgan fingerprint density at radius 3 is 1.12 bits per heavy atom. The summed E-state index contributed by atoms with van der Waals surface area (Å²) in [5, 5.41) is 0. The summed E-state index contributed by atoms with van der Waals surface area (Å²) in [6.45, 7) is 3.29. The van der Waals surface area contributed by atoms with E-state index in [0.29, 0.717) is 11.1 Å². The third-order valence-corrected chi connectivity index (χ3v) is 4.30. The maximum atomic E-state index is 14.4. The van der Waals surface area contributed by atoms with Gasteiger partial charge in [0, 0.05) is 11.1 Å². The van der Waals surface area contributed by atoms with Crippen molar-refractivity contribution in [2.24, 2.45) is 0 Å². The second kappa shape index (κ2) is 9.49. The van der Waals surface area contributed by atoms with Gasteiger partial charge >= 0.3 is 12.2 Å². The molecule has 3 aromatic rings. The Hall–Kier alpha value is -3.90. The Bertz CT molecular complexity index is 1080. The molecule has 3 rings (SSSR count). The van der Waals surface area contributed by atoms with Crippen LogP contribution in [0.5, 0.6) is 11.5 Å². The molecule has 162 valence electrons. The van der Waals surface area contributed by atoms with Crippen LogP contribution in [-0.2, 0) is 12.2 Å². The zero-order valence-electron chi connectivity index (χ0n) is 17.3. The predicted molar refractivity (Wildman–Crippen MR) is 113 cm³/mol. The van der Waals surface area contributed by atoms with Gasteiger partial charge < -0.3 is 9.47 Å². The van der Waals surface area contributed by atoms with Crippen LogP contribution in [0.25, 0.3) is 0 Å². The van der Waals surface area contributed by atoms with E-state index in [4.69, 9.17) is 9.47 Å². The van der Waals surface area contributed by atoms with Gasteiger partial charge in [-0.05, 0) is 86.6 Å². The summed E-state index contributed by atoms with van der Waals surface area (Å²) in [5.74, 6) is 10.5. The van der Waals surface area contributed by atoms with Gasteiger partial charge in [-0.15, -0.1) is 11.8 Å². The van der Waals surface area contributed by atoms with Crippen LogP contribution in [0.1, 0.15) is 36.1 Å². The lowest BCUT2D eigenvalue weighted by molar-refractivity contribution is -0.188. The van der Waals surface area contributed by atoms with Gasteiger partial charge in [-0.2, -0.15) is 17.6 Å². The molecule has 0 saturated heterocycles. The van der Waals surface area contributed by atoms with Gasteiger partial charge in [0.05, 0.1) is 11.1 Å². The first-order chi connectivity index (χ1) is 15.2. The van der Waals surface area contributed by atoms with E-state index in [-0.39, 0.29) is 22.6 Å². The zero-order valence-corrected chi connectivity index (χ0v) is 17.3. The van der Waals surface area contributed by atoms with Crippen LogP contribution in [0.2, 0.25) is 0 Å². The minimum atomic E-state index is -3.62. The third-order valence-electron chi connectivity index (χ3n) is 4.30. The lowest BCUT2D eigenvalue weighted by atomic mass is 10.1. The smallest absolute Gasteiger partial charge is 0.426 e. The number of benzene rings is 3. The van der Waals surface area contributed by atoms with Crippen LogP contribution in [0.3, 0.4) is 0 Å². The molecule has 0 saturated carbocycles. The fourth-order valence-corrected chi connectivity index (χ4v) is 2.77. The number of ether oxygens (including phenoxy) is 2. The second-order valence-corrected chi connectivity index (χ2v) is 6.61. The zero-order chi connectivity index (χ0) is 23.2. The Morgan fingerprint density at radius 1 is 0.531 bits per heavy atom. The highest BCUT2D eigenvalue weighted by Gasteiger charge is 2.36. The highest BCUT2D eigenvalue weighted by molar-refractivity contribution is 5.39. The Balaban J connectivity index is 1.69. The van der Waals surface area contributed by atoms with E-state index in [1.54, 1.807) is 13.8 Å². The van der Waals surface area contributed by atoms with E-state index in [9.17, 15) is 17.6 Å². The topological polar surface area (TPSA) is 18.5 Å². The molecule has 0 radical (unpaired) electrons. The number of alkyl halides is 4. The molecule has 0 aliphatic carbocycles. The largest absolute Gasteiger partial charge is 0.429 e. The van der Waals surface area contributed by atoms with Crippen molar-refractivity contribution in [1.82, 2.24) is 0 Å². The highest BCUT2D eigenvalue weighted by atomic mass is 19.3. The van der Waals surface area contributed by atoms with Crippen molar-refractivity contribution in [3.63, 3.8) is 0 Å². The molecule has 0 atom stereocenters. The Kier molecular flexibility index (Phi) is 6.76. The summed E-state index contributed by atoms with van der Waals surface area (Å²) in [5.41, 5.74) is 0.481. The van der Waals surface area contributed by atoms with E-state index in [1.165, 1.54) is 48.5 Å². The summed E-state index contributed by atoms with van der Waals surface area (Å²) in [4.78, 5) is 0. The molecular formula is C26H18F4O2. The maximum Gasteiger partial charge on any atom is 0.426 e. The molecule has 0 bridgehead atoms. The van der Waals surface area contributed by atoms with Gasteiger partial charge in [0.15, 0.2) is 0 Å². The number of hydrogen-bond donors (Lipinski definition) is 0. The first kappa shape index (κ1) is 22.8. The van der Waals surface area contributed by atoms with Crippen LogP contribution in [0.15, 0.2) is 72.8 Å². The molecule has 0 unspecified atom stereocenters. The molecule has 0 fully saturated rings. The summed E-state index contributed by atoms with van der Waals surface area (Å²) >= 11 is 0. The molecule has 0 heterocycles. The van der Waals surface area contributed by atoms with Crippen LogP contribution in [0, 0.1) is 23.7 Å². The third kappa shape index (κ3) is 5.62. The monoisotopic (exact) mass is 438 g/mol. The minimum absolute atomic E-state index is 0.203. The maximum absolute atomic E-state index is 14.4.